The summed E-state index contributed by atoms with van der Waals surface area (Å²) in [5.41, 5.74) is 1.47. The molecule has 2 saturated heterocycles. The number of amides is 2. The van der Waals surface area contributed by atoms with Gasteiger partial charge in [0.25, 0.3) is 5.91 Å². The van der Waals surface area contributed by atoms with Crippen molar-refractivity contribution in [1.29, 1.82) is 0 Å². The number of halogens is 2. The first-order chi connectivity index (χ1) is 14.5. The Labute approximate surface area is 174 Å². The zero-order chi connectivity index (χ0) is 21.1. The Morgan fingerprint density at radius 3 is 2.20 bits per heavy atom. The lowest BCUT2D eigenvalue weighted by atomic mass is 9.95. The Balaban J connectivity index is 1.31. The molecule has 0 aliphatic carbocycles. The van der Waals surface area contributed by atoms with E-state index in [1.54, 1.807) is 17.0 Å². The third kappa shape index (κ3) is 4.45. The van der Waals surface area contributed by atoms with Gasteiger partial charge in [0.15, 0.2) is 0 Å². The van der Waals surface area contributed by atoms with Gasteiger partial charge in [0.05, 0.1) is 5.69 Å². The van der Waals surface area contributed by atoms with E-state index < -0.39 is 0 Å². The van der Waals surface area contributed by atoms with Crippen molar-refractivity contribution in [3.8, 4) is 0 Å². The van der Waals surface area contributed by atoms with Crippen LogP contribution in [0.3, 0.4) is 0 Å². The number of hydrogen-bond acceptors (Lipinski definition) is 3. The number of carbonyl (C=O) groups is 2. The third-order valence-electron chi connectivity index (χ3n) is 5.91. The van der Waals surface area contributed by atoms with Crippen LogP contribution in [0.5, 0.6) is 0 Å². The quantitative estimate of drug-likeness (QED) is 0.823. The number of nitrogens with zero attached hydrogens (tertiary/aromatic N) is 2. The molecule has 2 aromatic rings. The van der Waals surface area contributed by atoms with E-state index >= 15 is 0 Å². The summed E-state index contributed by atoms with van der Waals surface area (Å²) in [6.07, 6.45) is 3.21. The molecule has 2 aliphatic rings. The minimum absolute atomic E-state index is 0.155. The lowest BCUT2D eigenvalue weighted by Gasteiger charge is -2.31. The Bertz CT molecular complexity index is 919. The minimum Gasteiger partial charge on any atom is -0.369 e. The summed E-state index contributed by atoms with van der Waals surface area (Å²) in [5.74, 6) is -1.25. The molecule has 0 atom stereocenters. The van der Waals surface area contributed by atoms with Gasteiger partial charge < -0.3 is 15.1 Å². The number of hydrogen-bond donors (Lipinski definition) is 1. The SMILES string of the molecule is O=C(Nc1ccc(N2CCCC2)c(F)c1)C1CCN(C(=O)c2ccc(F)cc2)CC1. The van der Waals surface area contributed by atoms with E-state index in [4.69, 9.17) is 0 Å². The van der Waals surface area contributed by atoms with Gasteiger partial charge in [0, 0.05) is 43.3 Å². The highest BCUT2D eigenvalue weighted by Gasteiger charge is 2.28. The lowest BCUT2D eigenvalue weighted by molar-refractivity contribution is -0.121. The number of benzene rings is 2. The summed E-state index contributed by atoms with van der Waals surface area (Å²) in [7, 11) is 0. The van der Waals surface area contributed by atoms with E-state index in [0.717, 1.165) is 25.9 Å². The molecular formula is C23H25F2N3O2. The van der Waals surface area contributed by atoms with Crippen LogP contribution in [0.15, 0.2) is 42.5 Å². The molecule has 1 N–H and O–H groups in total. The van der Waals surface area contributed by atoms with E-state index in [1.807, 2.05) is 4.90 Å². The summed E-state index contributed by atoms with van der Waals surface area (Å²) in [6, 6.07) is 10.3. The number of anilines is 2. The summed E-state index contributed by atoms with van der Waals surface area (Å²) in [4.78, 5) is 28.8. The van der Waals surface area contributed by atoms with Crippen molar-refractivity contribution >= 4 is 23.2 Å². The number of likely N-dealkylation sites (tertiary alicyclic amines) is 1. The molecule has 0 aromatic heterocycles. The van der Waals surface area contributed by atoms with Crippen LogP contribution < -0.4 is 10.2 Å². The molecule has 2 aromatic carbocycles. The first kappa shape index (κ1) is 20.3. The Hall–Kier alpha value is -2.96. The van der Waals surface area contributed by atoms with Gasteiger partial charge in [-0.05, 0) is 68.1 Å². The second-order valence-corrected chi connectivity index (χ2v) is 7.92. The van der Waals surface area contributed by atoms with Gasteiger partial charge >= 0.3 is 0 Å². The standard InChI is InChI=1S/C23H25F2N3O2/c24-18-5-3-17(4-6-18)23(30)28-13-9-16(10-14-28)22(29)26-19-7-8-21(20(25)15-19)27-11-1-2-12-27/h3-8,15-16H,1-2,9-14H2,(H,26,29). The van der Waals surface area contributed by atoms with Crippen molar-refractivity contribution in [3.05, 3.63) is 59.7 Å². The second kappa shape index (κ2) is 8.81. The topological polar surface area (TPSA) is 52.7 Å². The molecule has 158 valence electrons. The number of piperidine rings is 1. The van der Waals surface area contributed by atoms with E-state index in [1.165, 1.54) is 30.3 Å². The Morgan fingerprint density at radius 2 is 1.57 bits per heavy atom. The monoisotopic (exact) mass is 413 g/mol. The molecule has 5 nitrogen and oxygen atoms in total. The first-order valence-electron chi connectivity index (χ1n) is 10.4. The van der Waals surface area contributed by atoms with Crippen molar-refractivity contribution in [2.75, 3.05) is 36.4 Å². The van der Waals surface area contributed by atoms with Gasteiger partial charge in [-0.15, -0.1) is 0 Å². The molecule has 0 spiro atoms. The molecule has 0 radical (unpaired) electrons. The van der Waals surface area contributed by atoms with Gasteiger partial charge in [-0.2, -0.15) is 0 Å². The van der Waals surface area contributed by atoms with Crippen LogP contribution in [0.4, 0.5) is 20.2 Å². The van der Waals surface area contributed by atoms with Crippen molar-refractivity contribution in [3.63, 3.8) is 0 Å². The maximum Gasteiger partial charge on any atom is 0.253 e. The van der Waals surface area contributed by atoms with Crippen LogP contribution in [0.1, 0.15) is 36.0 Å². The Morgan fingerprint density at radius 1 is 0.900 bits per heavy atom. The minimum atomic E-state index is -0.383. The second-order valence-electron chi connectivity index (χ2n) is 7.92. The Kier molecular flexibility index (Phi) is 5.97. The fourth-order valence-corrected chi connectivity index (χ4v) is 4.16. The van der Waals surface area contributed by atoms with Crippen molar-refractivity contribution in [1.82, 2.24) is 4.90 Å². The molecule has 30 heavy (non-hydrogen) atoms. The lowest BCUT2D eigenvalue weighted by Crippen LogP contribution is -2.41. The van der Waals surface area contributed by atoms with Crippen LogP contribution in [0.25, 0.3) is 0 Å². The summed E-state index contributed by atoms with van der Waals surface area (Å²) in [6.45, 7) is 2.63. The largest absolute Gasteiger partial charge is 0.369 e. The molecule has 2 aliphatic heterocycles. The summed E-state index contributed by atoms with van der Waals surface area (Å²) < 4.78 is 27.5. The van der Waals surface area contributed by atoms with E-state index in [9.17, 15) is 18.4 Å². The highest BCUT2D eigenvalue weighted by molar-refractivity contribution is 5.95. The van der Waals surface area contributed by atoms with Crippen molar-refractivity contribution in [2.24, 2.45) is 5.92 Å². The van der Waals surface area contributed by atoms with Crippen LogP contribution in [0.2, 0.25) is 0 Å². The molecule has 7 heteroatoms. The molecule has 2 fully saturated rings. The van der Waals surface area contributed by atoms with E-state index in [-0.39, 0.29) is 29.4 Å². The molecule has 0 bridgehead atoms. The summed E-state index contributed by atoms with van der Waals surface area (Å²) >= 11 is 0. The highest BCUT2D eigenvalue weighted by atomic mass is 19.1. The normalized spacial score (nSPS) is 17.3. The smallest absolute Gasteiger partial charge is 0.253 e. The molecular weight excluding hydrogens is 388 g/mol. The number of rotatable bonds is 4. The van der Waals surface area contributed by atoms with E-state index in [2.05, 4.69) is 5.32 Å². The van der Waals surface area contributed by atoms with Crippen LogP contribution >= 0.6 is 0 Å². The average Bonchev–Trinajstić information content (AvgIpc) is 3.28. The van der Waals surface area contributed by atoms with Crippen molar-refractivity contribution < 1.29 is 18.4 Å². The van der Waals surface area contributed by atoms with Crippen LogP contribution in [-0.4, -0.2) is 42.9 Å². The highest BCUT2D eigenvalue weighted by Crippen LogP contribution is 2.27. The van der Waals surface area contributed by atoms with Crippen LogP contribution in [0, 0.1) is 17.6 Å². The van der Waals surface area contributed by atoms with Crippen molar-refractivity contribution in [2.45, 2.75) is 25.7 Å². The maximum atomic E-state index is 14.5. The van der Waals surface area contributed by atoms with Crippen LogP contribution in [-0.2, 0) is 4.79 Å². The third-order valence-corrected chi connectivity index (χ3v) is 5.91. The zero-order valence-corrected chi connectivity index (χ0v) is 16.7. The molecule has 2 amide bonds. The maximum absolute atomic E-state index is 14.5. The first-order valence-corrected chi connectivity index (χ1v) is 10.4. The zero-order valence-electron chi connectivity index (χ0n) is 16.7. The average molecular weight is 413 g/mol. The predicted molar refractivity (Wildman–Crippen MR) is 112 cm³/mol. The van der Waals surface area contributed by atoms with E-state index in [0.29, 0.717) is 42.9 Å². The molecule has 0 unspecified atom stereocenters. The molecule has 0 saturated carbocycles. The summed E-state index contributed by atoms with van der Waals surface area (Å²) in [5, 5.41) is 2.81. The molecule has 2 heterocycles. The fraction of sp³-hybridized carbons (Fsp3) is 0.391. The predicted octanol–water partition coefficient (Wildman–Crippen LogP) is 4.06. The van der Waals surface area contributed by atoms with Gasteiger partial charge in [-0.25, -0.2) is 8.78 Å². The van der Waals surface area contributed by atoms with Gasteiger partial charge in [0.2, 0.25) is 5.91 Å². The number of nitrogens with one attached hydrogen (secondary N) is 1. The number of carbonyl (C=O) groups excluding carboxylic acids is 2. The van der Waals surface area contributed by atoms with Gasteiger partial charge in [-0.3, -0.25) is 9.59 Å². The van der Waals surface area contributed by atoms with Gasteiger partial charge in [0.1, 0.15) is 11.6 Å². The molecule has 4 rings (SSSR count). The van der Waals surface area contributed by atoms with Gasteiger partial charge in [-0.1, -0.05) is 0 Å². The fourth-order valence-electron chi connectivity index (χ4n) is 4.16.